The quantitative estimate of drug-likeness (QED) is 0.607. The fourth-order valence-electron chi connectivity index (χ4n) is 2.00. The van der Waals surface area contributed by atoms with E-state index in [0.29, 0.717) is 0 Å². The molecule has 2 rings (SSSR count). The summed E-state index contributed by atoms with van der Waals surface area (Å²) in [6.07, 6.45) is 5.57. The summed E-state index contributed by atoms with van der Waals surface area (Å²) in [7, 11) is 0. The Labute approximate surface area is 62.4 Å². The van der Waals surface area contributed by atoms with Crippen molar-refractivity contribution in [2.24, 2.45) is 5.73 Å². The van der Waals surface area contributed by atoms with Gasteiger partial charge in [0.05, 0.1) is 0 Å². The first kappa shape index (κ1) is 6.62. The van der Waals surface area contributed by atoms with Gasteiger partial charge in [-0.15, -0.1) is 0 Å². The predicted octanol–water partition coefficient (Wildman–Crippen LogP) is 0.572. The molecule has 0 unspecified atom stereocenters. The lowest BCUT2D eigenvalue weighted by atomic mass is 10.2. The number of likely N-dealkylation sites (tertiary alicyclic amines) is 1. The Morgan fingerprint density at radius 2 is 2.10 bits per heavy atom. The molecule has 1 saturated carbocycles. The first-order valence-corrected chi connectivity index (χ1v) is 4.37. The Morgan fingerprint density at radius 1 is 1.30 bits per heavy atom. The standard InChI is InChI=1S/C8H16N2/c9-6-8-2-1-5-10(8)7-3-4-7/h7-8H,1-6,9H2/t8-/m0/s1. The first-order chi connectivity index (χ1) is 4.92. The van der Waals surface area contributed by atoms with Crippen LogP contribution in [0.25, 0.3) is 0 Å². The van der Waals surface area contributed by atoms with Crippen LogP contribution >= 0.6 is 0 Å². The lowest BCUT2D eigenvalue weighted by Crippen LogP contribution is -2.36. The summed E-state index contributed by atoms with van der Waals surface area (Å²) in [6, 6.07) is 1.66. The maximum absolute atomic E-state index is 5.65. The Hall–Kier alpha value is -0.0800. The topological polar surface area (TPSA) is 29.3 Å². The minimum Gasteiger partial charge on any atom is -0.329 e. The molecule has 0 radical (unpaired) electrons. The van der Waals surface area contributed by atoms with E-state index < -0.39 is 0 Å². The van der Waals surface area contributed by atoms with Crippen molar-refractivity contribution >= 4 is 0 Å². The molecule has 0 amide bonds. The van der Waals surface area contributed by atoms with Crippen LogP contribution in [0.15, 0.2) is 0 Å². The third-order valence-electron chi connectivity index (χ3n) is 2.71. The number of rotatable bonds is 2. The molecule has 1 atom stereocenters. The number of hydrogen-bond donors (Lipinski definition) is 1. The molecule has 10 heavy (non-hydrogen) atoms. The van der Waals surface area contributed by atoms with Crippen molar-refractivity contribution in [1.29, 1.82) is 0 Å². The SMILES string of the molecule is NC[C@@H]1CCCN1C1CC1. The van der Waals surface area contributed by atoms with Crippen LogP contribution in [0, 0.1) is 0 Å². The Kier molecular flexibility index (Phi) is 1.66. The second-order valence-electron chi connectivity index (χ2n) is 3.50. The van der Waals surface area contributed by atoms with Crippen LogP contribution in [0.3, 0.4) is 0 Å². The largest absolute Gasteiger partial charge is 0.329 e. The van der Waals surface area contributed by atoms with Crippen molar-refractivity contribution in [3.8, 4) is 0 Å². The van der Waals surface area contributed by atoms with Crippen LogP contribution < -0.4 is 5.73 Å². The minimum atomic E-state index is 0.729. The highest BCUT2D eigenvalue weighted by Gasteiger charge is 2.35. The normalized spacial score (nSPS) is 35.1. The molecule has 0 aromatic carbocycles. The van der Waals surface area contributed by atoms with Gasteiger partial charge in [0.15, 0.2) is 0 Å². The van der Waals surface area contributed by atoms with Crippen LogP contribution in [0.5, 0.6) is 0 Å². The van der Waals surface area contributed by atoms with Gasteiger partial charge < -0.3 is 5.73 Å². The van der Waals surface area contributed by atoms with Gasteiger partial charge in [-0.2, -0.15) is 0 Å². The molecule has 0 aromatic heterocycles. The van der Waals surface area contributed by atoms with Crippen LogP contribution in [-0.4, -0.2) is 30.1 Å². The minimum absolute atomic E-state index is 0.729. The van der Waals surface area contributed by atoms with Gasteiger partial charge in [-0.3, -0.25) is 4.90 Å². The summed E-state index contributed by atoms with van der Waals surface area (Å²) >= 11 is 0. The molecular weight excluding hydrogens is 124 g/mol. The summed E-state index contributed by atoms with van der Waals surface area (Å²) in [4.78, 5) is 2.61. The smallest absolute Gasteiger partial charge is 0.0221 e. The van der Waals surface area contributed by atoms with Gasteiger partial charge >= 0.3 is 0 Å². The zero-order valence-corrected chi connectivity index (χ0v) is 6.42. The number of hydrogen-bond acceptors (Lipinski definition) is 2. The number of nitrogens with two attached hydrogens (primary N) is 1. The molecule has 0 spiro atoms. The van der Waals surface area contributed by atoms with Crippen LogP contribution in [0.2, 0.25) is 0 Å². The van der Waals surface area contributed by atoms with E-state index in [1.54, 1.807) is 0 Å². The molecule has 1 heterocycles. The molecule has 1 saturated heterocycles. The molecule has 0 bridgehead atoms. The van der Waals surface area contributed by atoms with Crippen LogP contribution in [-0.2, 0) is 0 Å². The zero-order chi connectivity index (χ0) is 6.97. The summed E-state index contributed by atoms with van der Waals surface area (Å²) in [6.45, 7) is 2.18. The van der Waals surface area contributed by atoms with Crippen LogP contribution in [0.4, 0.5) is 0 Å². The molecule has 1 aliphatic heterocycles. The van der Waals surface area contributed by atoms with Crippen molar-refractivity contribution in [2.45, 2.75) is 37.8 Å². The van der Waals surface area contributed by atoms with Gasteiger partial charge in [0, 0.05) is 18.6 Å². The van der Waals surface area contributed by atoms with Gasteiger partial charge in [-0.1, -0.05) is 0 Å². The lowest BCUT2D eigenvalue weighted by molar-refractivity contribution is 0.248. The Morgan fingerprint density at radius 3 is 2.70 bits per heavy atom. The molecule has 2 N–H and O–H groups in total. The zero-order valence-electron chi connectivity index (χ0n) is 6.42. The maximum atomic E-state index is 5.65. The summed E-state index contributed by atoms with van der Waals surface area (Å²) in [5, 5.41) is 0. The first-order valence-electron chi connectivity index (χ1n) is 4.37. The van der Waals surface area contributed by atoms with E-state index in [1.165, 1.54) is 32.2 Å². The van der Waals surface area contributed by atoms with Gasteiger partial charge in [-0.25, -0.2) is 0 Å². The molecule has 2 heteroatoms. The molecule has 2 aliphatic rings. The number of nitrogens with zero attached hydrogens (tertiary/aromatic N) is 1. The molecule has 2 nitrogen and oxygen atoms in total. The average Bonchev–Trinajstić information content (AvgIpc) is 2.69. The average molecular weight is 140 g/mol. The van der Waals surface area contributed by atoms with Crippen molar-refractivity contribution in [1.82, 2.24) is 4.90 Å². The van der Waals surface area contributed by atoms with Gasteiger partial charge in [0.2, 0.25) is 0 Å². The summed E-state index contributed by atoms with van der Waals surface area (Å²) in [5.74, 6) is 0. The second kappa shape index (κ2) is 2.51. The van der Waals surface area contributed by atoms with Crippen molar-refractivity contribution in [2.75, 3.05) is 13.1 Å². The molecular formula is C8H16N2. The summed E-state index contributed by atoms with van der Waals surface area (Å²) < 4.78 is 0. The third-order valence-corrected chi connectivity index (χ3v) is 2.71. The van der Waals surface area contributed by atoms with Gasteiger partial charge in [-0.05, 0) is 32.2 Å². The van der Waals surface area contributed by atoms with E-state index in [-0.39, 0.29) is 0 Å². The predicted molar refractivity (Wildman–Crippen MR) is 41.8 cm³/mol. The molecule has 58 valence electrons. The Balaban J connectivity index is 1.91. The maximum Gasteiger partial charge on any atom is 0.0221 e. The van der Waals surface area contributed by atoms with Crippen molar-refractivity contribution < 1.29 is 0 Å². The molecule has 1 aliphatic carbocycles. The van der Waals surface area contributed by atoms with Crippen molar-refractivity contribution in [3.63, 3.8) is 0 Å². The van der Waals surface area contributed by atoms with E-state index in [4.69, 9.17) is 5.73 Å². The van der Waals surface area contributed by atoms with E-state index in [1.807, 2.05) is 0 Å². The van der Waals surface area contributed by atoms with Crippen molar-refractivity contribution in [3.05, 3.63) is 0 Å². The highest BCUT2D eigenvalue weighted by Crippen LogP contribution is 2.32. The van der Waals surface area contributed by atoms with E-state index in [9.17, 15) is 0 Å². The molecule has 2 fully saturated rings. The monoisotopic (exact) mass is 140 g/mol. The highest BCUT2D eigenvalue weighted by molar-refractivity contribution is 4.92. The fourth-order valence-corrected chi connectivity index (χ4v) is 2.00. The molecule has 0 aromatic rings. The second-order valence-corrected chi connectivity index (χ2v) is 3.50. The van der Waals surface area contributed by atoms with E-state index >= 15 is 0 Å². The van der Waals surface area contributed by atoms with E-state index in [2.05, 4.69) is 4.90 Å². The van der Waals surface area contributed by atoms with Crippen LogP contribution in [0.1, 0.15) is 25.7 Å². The lowest BCUT2D eigenvalue weighted by Gasteiger charge is -2.22. The highest BCUT2D eigenvalue weighted by atomic mass is 15.2. The third kappa shape index (κ3) is 1.06. The summed E-state index contributed by atoms with van der Waals surface area (Å²) in [5.41, 5.74) is 5.65. The Bertz CT molecular complexity index is 120. The van der Waals surface area contributed by atoms with E-state index in [0.717, 1.165) is 18.6 Å². The van der Waals surface area contributed by atoms with Gasteiger partial charge in [0.25, 0.3) is 0 Å². The van der Waals surface area contributed by atoms with Gasteiger partial charge in [0.1, 0.15) is 0 Å². The fraction of sp³-hybridized carbons (Fsp3) is 1.00.